The first-order valence-electron chi connectivity index (χ1n) is 26.5. The number of aromatic hydroxyl groups is 2. The van der Waals surface area contributed by atoms with Crippen molar-refractivity contribution in [2.45, 2.75) is 114 Å². The van der Waals surface area contributed by atoms with Crippen molar-refractivity contribution in [2.75, 3.05) is 13.2 Å². The molecule has 1 aromatic heterocycles. The number of nitrogens with two attached hydrogens (primary N) is 1. The number of aliphatic hydroxyl groups is 2. The molecular weight excluding hydrogens is 1080 g/mol. The van der Waals surface area contributed by atoms with Crippen molar-refractivity contribution in [2.24, 2.45) is 11.7 Å². The van der Waals surface area contributed by atoms with E-state index in [0.717, 1.165) is 5.56 Å². The second kappa shape index (κ2) is 31.0. The van der Waals surface area contributed by atoms with Crippen LogP contribution in [0.15, 0.2) is 109 Å². The van der Waals surface area contributed by atoms with E-state index in [9.17, 15) is 78.6 Å². The molecule has 0 aliphatic carbocycles. The van der Waals surface area contributed by atoms with Crippen LogP contribution < -0.4 is 48.3 Å². The Balaban J connectivity index is 1.33. The summed E-state index contributed by atoms with van der Waals surface area (Å²) in [5.41, 5.74) is 8.75. The van der Waals surface area contributed by atoms with E-state index in [2.05, 4.69) is 47.5 Å². The second-order valence-electron chi connectivity index (χ2n) is 20.1. The lowest BCUT2D eigenvalue weighted by Crippen LogP contribution is -2.61. The van der Waals surface area contributed by atoms with Gasteiger partial charge in [0, 0.05) is 42.8 Å². The van der Waals surface area contributed by atoms with E-state index in [-0.39, 0.29) is 37.2 Å². The van der Waals surface area contributed by atoms with Gasteiger partial charge in [-0.15, -0.1) is 0 Å². The fourth-order valence-electron chi connectivity index (χ4n) is 8.62. The van der Waals surface area contributed by atoms with Crippen molar-refractivity contribution in [3.63, 3.8) is 0 Å². The number of carboxylic acid groups (broad SMARTS) is 2. The monoisotopic (exact) mass is 1150 g/mol. The van der Waals surface area contributed by atoms with Crippen molar-refractivity contribution in [3.05, 3.63) is 132 Å². The zero-order chi connectivity index (χ0) is 60.9. The molecule has 4 aromatic carbocycles. The molecule has 1 heterocycles. The Morgan fingerprint density at radius 1 is 0.518 bits per heavy atom. The Morgan fingerprint density at radius 2 is 1.01 bits per heavy atom. The molecule has 5 aromatic rings. The summed E-state index contributed by atoms with van der Waals surface area (Å²) in [6, 6.07) is 14.5. The molecular formula is C57H70N10O16. The number of rotatable bonds is 31. The van der Waals surface area contributed by atoms with Gasteiger partial charge in [-0.25, -0.2) is 4.79 Å². The van der Waals surface area contributed by atoms with E-state index in [0.29, 0.717) is 27.6 Å². The average Bonchev–Trinajstić information content (AvgIpc) is 4.16. The van der Waals surface area contributed by atoms with Crippen molar-refractivity contribution in [3.8, 4) is 11.5 Å². The average molecular weight is 1150 g/mol. The summed E-state index contributed by atoms with van der Waals surface area (Å²) in [5.74, 6) is -11.6. The van der Waals surface area contributed by atoms with Crippen molar-refractivity contribution >= 4 is 70.1 Å². The molecule has 0 aliphatic rings. The lowest BCUT2D eigenvalue weighted by Gasteiger charge is -2.27. The summed E-state index contributed by atoms with van der Waals surface area (Å²) in [4.78, 5) is 137. The number of hydrogen-bond donors (Lipinski definition) is 16. The Labute approximate surface area is 476 Å². The lowest BCUT2D eigenvalue weighted by molar-refractivity contribution is -0.142. The molecule has 83 heavy (non-hydrogen) atoms. The summed E-state index contributed by atoms with van der Waals surface area (Å²) < 4.78 is 0. The van der Waals surface area contributed by atoms with Crippen LogP contribution in [0.1, 0.15) is 55.9 Å². The number of H-pyrrole nitrogens is 1. The Kier molecular flexibility index (Phi) is 24.0. The number of hydrogen-bond acceptors (Lipinski definition) is 15. The number of aromatic nitrogens is 1. The van der Waals surface area contributed by atoms with Crippen LogP contribution in [0.2, 0.25) is 0 Å². The number of phenols is 2. The van der Waals surface area contributed by atoms with Gasteiger partial charge in [-0.1, -0.05) is 86.6 Å². The van der Waals surface area contributed by atoms with E-state index in [1.807, 2.05) is 0 Å². The number of amides is 8. The number of nitrogens with one attached hydrogen (secondary N) is 9. The van der Waals surface area contributed by atoms with Gasteiger partial charge in [0.2, 0.25) is 47.3 Å². The predicted molar refractivity (Wildman–Crippen MR) is 298 cm³/mol. The molecule has 26 nitrogen and oxygen atoms in total. The third-order valence-electron chi connectivity index (χ3n) is 13.2. The van der Waals surface area contributed by atoms with E-state index in [1.165, 1.54) is 55.5 Å². The largest absolute Gasteiger partial charge is 0.508 e. The molecule has 9 atom stereocenters. The molecule has 0 bridgehead atoms. The van der Waals surface area contributed by atoms with Crippen molar-refractivity contribution in [1.82, 2.24) is 47.5 Å². The summed E-state index contributed by atoms with van der Waals surface area (Å²) in [7, 11) is 0. The van der Waals surface area contributed by atoms with Gasteiger partial charge in [0.1, 0.15) is 53.8 Å². The second-order valence-corrected chi connectivity index (χ2v) is 20.1. The number of fused-ring (bicyclic) bond motifs is 1. The van der Waals surface area contributed by atoms with Crippen LogP contribution in [-0.2, 0) is 73.6 Å². The van der Waals surface area contributed by atoms with E-state index in [1.54, 1.807) is 74.6 Å². The highest BCUT2D eigenvalue weighted by atomic mass is 16.4. The van der Waals surface area contributed by atoms with E-state index in [4.69, 9.17) is 5.73 Å². The summed E-state index contributed by atoms with van der Waals surface area (Å²) >= 11 is 0. The highest BCUT2D eigenvalue weighted by molar-refractivity contribution is 5.98. The molecule has 8 amide bonds. The number of para-hydroxylation sites is 1. The number of aromatic amines is 1. The third-order valence-corrected chi connectivity index (χ3v) is 13.2. The van der Waals surface area contributed by atoms with Crippen LogP contribution in [0.4, 0.5) is 0 Å². The van der Waals surface area contributed by atoms with Gasteiger partial charge in [-0.05, 0) is 78.3 Å². The zero-order valence-electron chi connectivity index (χ0n) is 45.7. The summed E-state index contributed by atoms with van der Waals surface area (Å²) in [6.45, 7) is 2.51. The third kappa shape index (κ3) is 20.0. The van der Waals surface area contributed by atoms with Gasteiger partial charge in [-0.2, -0.15) is 0 Å². The zero-order valence-corrected chi connectivity index (χ0v) is 45.7. The quantitative estimate of drug-likeness (QED) is 0.0244. The van der Waals surface area contributed by atoms with Gasteiger partial charge in [0.05, 0.1) is 25.3 Å². The molecule has 26 heteroatoms. The predicted octanol–water partition coefficient (Wildman–Crippen LogP) is -1.33. The van der Waals surface area contributed by atoms with Gasteiger partial charge in [0.15, 0.2) is 0 Å². The maximum Gasteiger partial charge on any atom is 0.326 e. The van der Waals surface area contributed by atoms with E-state index >= 15 is 0 Å². The molecule has 0 saturated heterocycles. The number of phenolic OH excluding ortho intramolecular Hbond substituents is 2. The van der Waals surface area contributed by atoms with Crippen LogP contribution in [-0.4, -0.2) is 162 Å². The van der Waals surface area contributed by atoms with Crippen molar-refractivity contribution in [1.29, 1.82) is 0 Å². The number of carbonyl (C=O) groups excluding carboxylic acids is 8. The van der Waals surface area contributed by atoms with E-state index < -0.39 is 146 Å². The first kappa shape index (κ1) is 64.4. The minimum Gasteiger partial charge on any atom is -0.508 e. The molecule has 9 unspecified atom stereocenters. The van der Waals surface area contributed by atoms with Gasteiger partial charge < -0.3 is 83.9 Å². The number of benzene rings is 4. The first-order chi connectivity index (χ1) is 39.4. The minimum absolute atomic E-state index is 0.0834. The molecule has 0 spiro atoms. The van der Waals surface area contributed by atoms with Gasteiger partial charge in [-0.3, -0.25) is 43.2 Å². The fraction of sp³-hybridized carbons (Fsp3) is 0.368. The Hall–Kier alpha value is -9.40. The lowest BCUT2D eigenvalue weighted by atomic mass is 10.0. The molecule has 0 aliphatic heterocycles. The van der Waals surface area contributed by atoms with Crippen molar-refractivity contribution < 1.29 is 78.6 Å². The SMILES string of the molecule is CC(C)C(NC(=O)C(NC(=O)C(N)Cc1ccccc1)C(C)O)C(=O)NCC(=O)NC(CCC(=O)O)C(=O)NC(Cc1ccc(O)cc1)C(=O)NC(Cc1c[nH]c2ccccc12)C(=O)NC(CO)C(=O)NC(Cc1ccc(O)cc1)C(=O)O. The first-order valence-corrected chi connectivity index (χ1v) is 26.5. The highest BCUT2D eigenvalue weighted by Crippen LogP contribution is 2.20. The van der Waals surface area contributed by atoms with Crippen LogP contribution in [0.25, 0.3) is 10.9 Å². The number of carbonyl (C=O) groups is 10. The summed E-state index contributed by atoms with van der Waals surface area (Å²) in [6.07, 6.45) is -1.85. The number of aliphatic hydroxyl groups excluding tert-OH is 2. The minimum atomic E-state index is -1.77. The molecule has 5 rings (SSSR count). The molecule has 17 N–H and O–H groups in total. The van der Waals surface area contributed by atoms with Gasteiger partial charge >= 0.3 is 11.9 Å². The van der Waals surface area contributed by atoms with Crippen LogP contribution >= 0.6 is 0 Å². The Morgan fingerprint density at radius 3 is 1.57 bits per heavy atom. The maximum atomic E-state index is 14.6. The molecule has 0 fully saturated rings. The smallest absolute Gasteiger partial charge is 0.326 e. The number of aliphatic carboxylic acids is 2. The normalized spacial score (nSPS) is 14.4. The Bertz CT molecular complexity index is 3060. The summed E-state index contributed by atoms with van der Waals surface area (Å²) in [5, 5.41) is 80.1. The highest BCUT2D eigenvalue weighted by Gasteiger charge is 2.35. The standard InChI is InChI=1S/C57H70N10O16/c1-30(2)48(66-56(81)49(31(3)69)67-50(75)39(58)23-32-9-5-4-6-10-32)55(80)60-28-46(72)61-41(21-22-47(73)74)51(76)62-42(24-33-13-17-36(70)18-14-33)52(77)63-43(26-35-27-59-40-12-8-7-11-38(35)40)53(78)65-45(29-68)54(79)64-44(57(82)83)25-34-15-19-37(71)20-16-34/h4-20,27,30-31,39,41-45,48-49,59,68-71H,21-26,28-29,58H2,1-3H3,(H,60,80)(H,61,72)(H,62,76)(H,63,77)(H,64,79)(H,65,78)(H,66,81)(H,67,75)(H,73,74)(H,82,83). The van der Waals surface area contributed by atoms with Crippen LogP contribution in [0.3, 0.4) is 0 Å². The molecule has 0 radical (unpaired) electrons. The topological polar surface area (TPSA) is 430 Å². The van der Waals surface area contributed by atoms with Crippen LogP contribution in [0.5, 0.6) is 11.5 Å². The van der Waals surface area contributed by atoms with Crippen LogP contribution in [0, 0.1) is 5.92 Å². The fourth-order valence-corrected chi connectivity index (χ4v) is 8.62. The molecule has 444 valence electrons. The number of carboxylic acids is 2. The molecule has 0 saturated carbocycles. The maximum absolute atomic E-state index is 14.6. The van der Waals surface area contributed by atoms with Gasteiger partial charge in [0.25, 0.3) is 0 Å².